The van der Waals surface area contributed by atoms with Crippen molar-refractivity contribution in [1.82, 2.24) is 9.78 Å². The molecule has 4 rings (SSSR count). The highest BCUT2D eigenvalue weighted by Crippen LogP contribution is 2.43. The lowest BCUT2D eigenvalue weighted by molar-refractivity contribution is 0.0944. The summed E-state index contributed by atoms with van der Waals surface area (Å²) in [7, 11) is 0. The summed E-state index contributed by atoms with van der Waals surface area (Å²) < 4.78 is 2.04. The number of fused-ring (bicyclic) bond motifs is 1. The molecule has 0 aliphatic carbocycles. The number of rotatable bonds is 7. The fourth-order valence-corrected chi connectivity index (χ4v) is 5.43. The molecule has 0 amide bonds. The molecule has 1 aliphatic rings. The van der Waals surface area contributed by atoms with Crippen LogP contribution < -0.4 is 5.32 Å². The van der Waals surface area contributed by atoms with Gasteiger partial charge in [0.15, 0.2) is 5.78 Å². The SMILES string of the molecule is CCC(CC)(CC(=O)c1c(C)nn2c1NC(c1ccccc1)CC2(C)C)c1ccc(C)cc1. The third kappa shape index (κ3) is 4.23. The Balaban J connectivity index is 1.72. The highest BCUT2D eigenvalue weighted by molar-refractivity contribution is 6.02. The van der Waals surface area contributed by atoms with Gasteiger partial charge in [0.05, 0.1) is 22.8 Å². The van der Waals surface area contributed by atoms with Gasteiger partial charge in [0.25, 0.3) is 0 Å². The molecule has 3 aromatic rings. The van der Waals surface area contributed by atoms with E-state index in [2.05, 4.69) is 88.5 Å². The van der Waals surface area contributed by atoms with E-state index in [0.717, 1.165) is 36.3 Å². The summed E-state index contributed by atoms with van der Waals surface area (Å²) in [4.78, 5) is 13.9. The fourth-order valence-electron chi connectivity index (χ4n) is 5.43. The molecule has 0 fully saturated rings. The van der Waals surface area contributed by atoms with Crippen molar-refractivity contribution in [2.75, 3.05) is 5.32 Å². The Labute approximate surface area is 198 Å². The second-order valence-corrected chi connectivity index (χ2v) is 10.3. The largest absolute Gasteiger partial charge is 0.363 e. The third-order valence-corrected chi connectivity index (χ3v) is 7.65. The van der Waals surface area contributed by atoms with Crippen LogP contribution in [0.4, 0.5) is 5.82 Å². The number of aromatic nitrogens is 2. The van der Waals surface area contributed by atoms with Crippen molar-refractivity contribution in [2.24, 2.45) is 0 Å². The summed E-state index contributed by atoms with van der Waals surface area (Å²) in [6.07, 6.45) is 3.25. The molecule has 0 saturated carbocycles. The van der Waals surface area contributed by atoms with Gasteiger partial charge in [-0.1, -0.05) is 74.0 Å². The molecule has 174 valence electrons. The van der Waals surface area contributed by atoms with Crippen molar-refractivity contribution < 1.29 is 4.79 Å². The molecule has 33 heavy (non-hydrogen) atoms. The first-order valence-electron chi connectivity index (χ1n) is 12.2. The van der Waals surface area contributed by atoms with E-state index in [1.54, 1.807) is 0 Å². The summed E-state index contributed by atoms with van der Waals surface area (Å²) in [6, 6.07) is 19.4. The zero-order valence-electron chi connectivity index (χ0n) is 20.9. The number of aryl methyl sites for hydroxylation is 2. The average Bonchev–Trinajstić information content (AvgIpc) is 3.15. The highest BCUT2D eigenvalue weighted by atomic mass is 16.1. The molecule has 1 unspecified atom stereocenters. The zero-order chi connectivity index (χ0) is 23.8. The van der Waals surface area contributed by atoms with E-state index in [4.69, 9.17) is 5.10 Å². The van der Waals surface area contributed by atoms with Crippen molar-refractivity contribution in [3.63, 3.8) is 0 Å². The van der Waals surface area contributed by atoms with E-state index < -0.39 is 0 Å². The fraction of sp³-hybridized carbons (Fsp3) is 0.448. The van der Waals surface area contributed by atoms with Crippen LogP contribution in [0.1, 0.15) is 92.2 Å². The summed E-state index contributed by atoms with van der Waals surface area (Å²) >= 11 is 0. The Morgan fingerprint density at radius 2 is 1.70 bits per heavy atom. The zero-order valence-corrected chi connectivity index (χ0v) is 20.9. The monoisotopic (exact) mass is 443 g/mol. The van der Waals surface area contributed by atoms with Crippen LogP contribution in [0.3, 0.4) is 0 Å². The molecule has 2 aromatic carbocycles. The molecule has 0 bridgehead atoms. The maximum absolute atomic E-state index is 13.9. The number of benzene rings is 2. The number of anilines is 1. The highest BCUT2D eigenvalue weighted by Gasteiger charge is 2.39. The van der Waals surface area contributed by atoms with Crippen LogP contribution in [0.2, 0.25) is 0 Å². The second kappa shape index (κ2) is 8.81. The van der Waals surface area contributed by atoms with Crippen molar-refractivity contribution in [3.8, 4) is 0 Å². The molecule has 0 saturated heterocycles. The van der Waals surface area contributed by atoms with E-state index in [1.165, 1.54) is 16.7 Å². The lowest BCUT2D eigenvalue weighted by Crippen LogP contribution is -2.38. The number of hydrogen-bond acceptors (Lipinski definition) is 3. The van der Waals surface area contributed by atoms with Gasteiger partial charge in [0, 0.05) is 11.8 Å². The van der Waals surface area contributed by atoms with Gasteiger partial charge in [0.2, 0.25) is 0 Å². The van der Waals surface area contributed by atoms with Gasteiger partial charge in [-0.05, 0) is 58.1 Å². The number of nitrogens with one attached hydrogen (secondary N) is 1. The Morgan fingerprint density at radius 1 is 1.06 bits per heavy atom. The predicted octanol–water partition coefficient (Wildman–Crippen LogP) is 7.12. The van der Waals surface area contributed by atoms with E-state index in [1.807, 2.05) is 17.7 Å². The van der Waals surface area contributed by atoms with Crippen LogP contribution in [-0.4, -0.2) is 15.6 Å². The number of nitrogens with zero attached hydrogens (tertiary/aromatic N) is 2. The Bertz CT molecular complexity index is 1120. The number of Topliss-reactive ketones (excluding diaryl/α,β-unsaturated/α-hetero) is 1. The van der Waals surface area contributed by atoms with E-state index in [-0.39, 0.29) is 22.8 Å². The summed E-state index contributed by atoms with van der Waals surface area (Å²) in [5.74, 6) is 1.04. The van der Waals surface area contributed by atoms with Gasteiger partial charge in [0.1, 0.15) is 5.82 Å². The van der Waals surface area contributed by atoms with Crippen molar-refractivity contribution in [2.45, 2.75) is 84.2 Å². The quantitative estimate of drug-likeness (QED) is 0.395. The summed E-state index contributed by atoms with van der Waals surface area (Å²) in [5.41, 5.74) is 4.94. The molecule has 1 atom stereocenters. The van der Waals surface area contributed by atoms with Gasteiger partial charge in [-0.2, -0.15) is 5.10 Å². The molecule has 2 heterocycles. The van der Waals surface area contributed by atoms with Gasteiger partial charge >= 0.3 is 0 Å². The topological polar surface area (TPSA) is 46.9 Å². The normalized spacial score (nSPS) is 17.3. The first kappa shape index (κ1) is 23.3. The first-order chi connectivity index (χ1) is 15.7. The first-order valence-corrected chi connectivity index (χ1v) is 12.2. The lowest BCUT2D eigenvalue weighted by atomic mass is 9.71. The number of carbonyl (C=O) groups is 1. The molecule has 1 N–H and O–H groups in total. The van der Waals surface area contributed by atoms with Gasteiger partial charge < -0.3 is 5.32 Å². The molecule has 4 nitrogen and oxygen atoms in total. The summed E-state index contributed by atoms with van der Waals surface area (Å²) in [6.45, 7) is 12.9. The van der Waals surface area contributed by atoms with E-state index >= 15 is 0 Å². The molecule has 0 radical (unpaired) electrons. The Morgan fingerprint density at radius 3 is 2.30 bits per heavy atom. The van der Waals surface area contributed by atoms with Gasteiger partial charge in [-0.15, -0.1) is 0 Å². The Kier molecular flexibility index (Phi) is 6.22. The van der Waals surface area contributed by atoms with E-state index in [0.29, 0.717) is 6.42 Å². The third-order valence-electron chi connectivity index (χ3n) is 7.65. The predicted molar refractivity (Wildman–Crippen MR) is 136 cm³/mol. The van der Waals surface area contributed by atoms with Crippen LogP contribution in [0.5, 0.6) is 0 Å². The molecule has 4 heteroatoms. The second-order valence-electron chi connectivity index (χ2n) is 10.3. The van der Waals surface area contributed by atoms with Crippen molar-refractivity contribution in [3.05, 3.63) is 82.5 Å². The minimum Gasteiger partial charge on any atom is -0.363 e. The van der Waals surface area contributed by atoms with E-state index in [9.17, 15) is 4.79 Å². The number of carbonyl (C=O) groups excluding carboxylic acids is 1. The minimum absolute atomic E-state index is 0.149. The average molecular weight is 444 g/mol. The molecular formula is C29H37N3O. The van der Waals surface area contributed by atoms with Crippen LogP contribution in [0, 0.1) is 13.8 Å². The smallest absolute Gasteiger partial charge is 0.169 e. The maximum Gasteiger partial charge on any atom is 0.169 e. The van der Waals surface area contributed by atoms with Gasteiger partial charge in [-0.3, -0.25) is 4.79 Å². The molecular weight excluding hydrogens is 406 g/mol. The number of hydrogen-bond donors (Lipinski definition) is 1. The molecule has 0 spiro atoms. The van der Waals surface area contributed by atoms with Gasteiger partial charge in [-0.25, -0.2) is 4.68 Å². The minimum atomic E-state index is -0.187. The maximum atomic E-state index is 13.9. The van der Waals surface area contributed by atoms with Crippen LogP contribution in [0.25, 0.3) is 0 Å². The van der Waals surface area contributed by atoms with Crippen LogP contribution in [-0.2, 0) is 11.0 Å². The van der Waals surface area contributed by atoms with Crippen molar-refractivity contribution in [1.29, 1.82) is 0 Å². The van der Waals surface area contributed by atoms with Crippen molar-refractivity contribution >= 4 is 11.6 Å². The standard InChI is InChI=1S/C29H37N3O/c1-7-29(8-2,23-16-14-20(3)15-17-23)19-25(33)26-21(4)31-32-27(26)30-24(18-28(32,5)6)22-12-10-9-11-13-22/h9-17,24,30H,7-8,18-19H2,1-6H3. The summed E-state index contributed by atoms with van der Waals surface area (Å²) in [5, 5.41) is 8.54. The van der Waals surface area contributed by atoms with Crippen LogP contribution in [0.15, 0.2) is 54.6 Å². The molecule has 1 aliphatic heterocycles. The Hall–Kier alpha value is -2.88. The number of ketones is 1. The van der Waals surface area contributed by atoms with Crippen LogP contribution >= 0.6 is 0 Å². The molecule has 1 aromatic heterocycles. The lowest BCUT2D eigenvalue weighted by Gasteiger charge is -2.38.